The molecule has 1 aromatic rings. The molecule has 0 aromatic carbocycles. The van der Waals surface area contributed by atoms with Crippen molar-refractivity contribution in [3.05, 3.63) is 41.2 Å². The Morgan fingerprint density at radius 1 is 1.41 bits per heavy atom. The average Bonchev–Trinajstić information content (AvgIpc) is 2.27. The number of nitrogens with zero attached hydrogens (tertiary/aromatic N) is 2. The van der Waals surface area contributed by atoms with Gasteiger partial charge in [-0.3, -0.25) is 9.78 Å². The smallest absolute Gasteiger partial charge is 0.249 e. The fourth-order valence-electron chi connectivity index (χ4n) is 1.79. The number of carbonyl (C=O) groups is 1. The van der Waals surface area contributed by atoms with E-state index >= 15 is 0 Å². The van der Waals surface area contributed by atoms with Crippen LogP contribution in [0.1, 0.15) is 12.5 Å². The van der Waals surface area contributed by atoms with E-state index in [0.717, 1.165) is 24.2 Å². The summed E-state index contributed by atoms with van der Waals surface area (Å²) < 4.78 is 0. The van der Waals surface area contributed by atoms with E-state index in [1.165, 1.54) is 5.57 Å². The van der Waals surface area contributed by atoms with Gasteiger partial charge in [0.1, 0.15) is 0 Å². The van der Waals surface area contributed by atoms with Gasteiger partial charge in [0.05, 0.1) is 0 Å². The topological polar surface area (TPSA) is 45.2 Å². The Morgan fingerprint density at radius 3 is 2.59 bits per heavy atom. The Bertz CT molecular complexity index is 433. The third-order valence-corrected chi connectivity index (χ3v) is 3.04. The Balaban J connectivity index is 2.01. The number of nitrogens with one attached hydrogen (secondary N) is 1. The van der Waals surface area contributed by atoms with Crippen LogP contribution in [0.15, 0.2) is 35.7 Å². The predicted octanol–water partition coefficient (Wildman–Crippen LogP) is 0.960. The molecule has 0 bridgehead atoms. The Hall–Kier alpha value is -1.68. The van der Waals surface area contributed by atoms with Crippen molar-refractivity contribution in [2.45, 2.75) is 13.5 Å². The van der Waals surface area contributed by atoms with Crippen LogP contribution in [0.3, 0.4) is 0 Å². The predicted molar refractivity (Wildman–Crippen MR) is 66.3 cm³/mol. The largest absolute Gasteiger partial charge is 0.338 e. The summed E-state index contributed by atoms with van der Waals surface area (Å²) >= 11 is 0. The normalized spacial score (nSPS) is 14.1. The Morgan fingerprint density at radius 2 is 2.06 bits per heavy atom. The molecule has 4 nitrogen and oxygen atoms in total. The Labute approximate surface area is 101 Å². The minimum Gasteiger partial charge on any atom is -0.338 e. The van der Waals surface area contributed by atoms with Crippen LogP contribution in [-0.4, -0.2) is 35.9 Å². The van der Waals surface area contributed by atoms with Gasteiger partial charge in [0.25, 0.3) is 0 Å². The van der Waals surface area contributed by atoms with Gasteiger partial charge in [0.15, 0.2) is 0 Å². The second-order valence-corrected chi connectivity index (χ2v) is 4.35. The summed E-state index contributed by atoms with van der Waals surface area (Å²) in [6.07, 6.45) is 3.49. The van der Waals surface area contributed by atoms with Gasteiger partial charge < -0.3 is 10.2 Å². The van der Waals surface area contributed by atoms with E-state index in [0.29, 0.717) is 6.54 Å². The standard InChI is InChI=1S/C13H17N3O/c1-10(12-7-15-8-12)13(17)16(2)9-11-3-5-14-6-4-11/h3-6,15H,7-9H2,1-2H3. The number of hydrogen-bond donors (Lipinski definition) is 1. The van der Waals surface area contributed by atoms with Gasteiger partial charge in [-0.15, -0.1) is 0 Å². The lowest BCUT2D eigenvalue weighted by Crippen LogP contribution is -2.38. The van der Waals surface area contributed by atoms with Crippen LogP contribution >= 0.6 is 0 Å². The zero-order chi connectivity index (χ0) is 12.3. The molecule has 0 radical (unpaired) electrons. The molecule has 0 saturated carbocycles. The molecule has 90 valence electrons. The summed E-state index contributed by atoms with van der Waals surface area (Å²) in [6, 6.07) is 3.86. The summed E-state index contributed by atoms with van der Waals surface area (Å²) in [6.45, 7) is 4.22. The molecule has 0 atom stereocenters. The van der Waals surface area contributed by atoms with Gasteiger partial charge in [0.2, 0.25) is 5.91 Å². The van der Waals surface area contributed by atoms with Crippen molar-refractivity contribution < 1.29 is 4.79 Å². The number of likely N-dealkylation sites (N-methyl/N-ethyl adjacent to an activating group) is 1. The lowest BCUT2D eigenvalue weighted by Gasteiger charge is -2.24. The van der Waals surface area contributed by atoms with Crippen LogP contribution in [0.4, 0.5) is 0 Å². The molecule has 0 aliphatic carbocycles. The van der Waals surface area contributed by atoms with Gasteiger partial charge in [-0.25, -0.2) is 0 Å². The molecule has 2 rings (SSSR count). The Kier molecular flexibility index (Phi) is 3.54. The summed E-state index contributed by atoms with van der Waals surface area (Å²) in [5, 5.41) is 3.15. The summed E-state index contributed by atoms with van der Waals surface area (Å²) in [7, 11) is 1.83. The summed E-state index contributed by atoms with van der Waals surface area (Å²) in [5.41, 5.74) is 3.19. The monoisotopic (exact) mass is 231 g/mol. The van der Waals surface area contributed by atoms with Gasteiger partial charge in [-0.05, 0) is 30.2 Å². The fraction of sp³-hybridized carbons (Fsp3) is 0.385. The molecule has 4 heteroatoms. The maximum absolute atomic E-state index is 12.1. The highest BCUT2D eigenvalue weighted by atomic mass is 16.2. The first-order valence-electron chi connectivity index (χ1n) is 5.72. The molecule has 1 aliphatic heterocycles. The first kappa shape index (κ1) is 11.8. The van der Waals surface area contributed by atoms with Crippen LogP contribution in [0, 0.1) is 0 Å². The molecule has 0 spiro atoms. The number of rotatable bonds is 3. The molecular weight excluding hydrogens is 214 g/mol. The van der Waals surface area contributed by atoms with E-state index < -0.39 is 0 Å². The second kappa shape index (κ2) is 5.10. The first-order chi connectivity index (χ1) is 8.18. The molecule has 1 aliphatic rings. The number of hydrogen-bond acceptors (Lipinski definition) is 3. The molecule has 0 unspecified atom stereocenters. The van der Waals surface area contributed by atoms with E-state index in [9.17, 15) is 4.79 Å². The van der Waals surface area contributed by atoms with E-state index in [-0.39, 0.29) is 5.91 Å². The first-order valence-corrected chi connectivity index (χ1v) is 5.72. The van der Waals surface area contributed by atoms with Crippen molar-refractivity contribution >= 4 is 5.91 Å². The highest BCUT2D eigenvalue weighted by Crippen LogP contribution is 2.12. The zero-order valence-electron chi connectivity index (χ0n) is 10.2. The maximum atomic E-state index is 12.1. The minimum absolute atomic E-state index is 0.110. The van der Waals surface area contributed by atoms with Crippen LogP contribution in [0.5, 0.6) is 0 Å². The molecule has 1 N–H and O–H groups in total. The van der Waals surface area contributed by atoms with E-state index in [2.05, 4.69) is 10.3 Å². The van der Waals surface area contributed by atoms with Gasteiger partial charge in [-0.2, -0.15) is 0 Å². The van der Waals surface area contributed by atoms with Crippen molar-refractivity contribution in [1.82, 2.24) is 15.2 Å². The average molecular weight is 231 g/mol. The molecular formula is C13H17N3O. The van der Waals surface area contributed by atoms with E-state index in [4.69, 9.17) is 0 Å². The number of amides is 1. The van der Waals surface area contributed by atoms with Gasteiger partial charge in [-0.1, -0.05) is 0 Å². The third kappa shape index (κ3) is 2.71. The van der Waals surface area contributed by atoms with Gasteiger partial charge >= 0.3 is 0 Å². The highest BCUT2D eigenvalue weighted by Gasteiger charge is 2.18. The van der Waals surface area contributed by atoms with Crippen molar-refractivity contribution in [2.24, 2.45) is 0 Å². The lowest BCUT2D eigenvalue weighted by molar-refractivity contribution is -0.126. The van der Waals surface area contributed by atoms with Gasteiger partial charge in [0, 0.05) is 44.6 Å². The molecule has 2 heterocycles. The zero-order valence-corrected chi connectivity index (χ0v) is 10.2. The fourth-order valence-corrected chi connectivity index (χ4v) is 1.79. The molecule has 1 aromatic heterocycles. The highest BCUT2D eigenvalue weighted by molar-refractivity contribution is 5.93. The maximum Gasteiger partial charge on any atom is 0.249 e. The SMILES string of the molecule is CC(C(=O)N(C)Cc1ccncc1)=C1CNC1. The van der Waals surface area contributed by atoms with Crippen LogP contribution in [-0.2, 0) is 11.3 Å². The third-order valence-electron chi connectivity index (χ3n) is 3.04. The van der Waals surface area contributed by atoms with E-state index in [1.807, 2.05) is 26.1 Å². The summed E-state index contributed by atoms with van der Waals surface area (Å²) in [4.78, 5) is 17.8. The van der Waals surface area contributed by atoms with Crippen molar-refractivity contribution in [2.75, 3.05) is 20.1 Å². The number of aromatic nitrogens is 1. The molecule has 1 amide bonds. The summed E-state index contributed by atoms with van der Waals surface area (Å²) in [5.74, 6) is 0.110. The van der Waals surface area contributed by atoms with E-state index in [1.54, 1.807) is 17.3 Å². The van der Waals surface area contributed by atoms with Crippen LogP contribution in [0.2, 0.25) is 0 Å². The van der Waals surface area contributed by atoms with Crippen molar-refractivity contribution in [3.8, 4) is 0 Å². The van der Waals surface area contributed by atoms with Crippen LogP contribution < -0.4 is 5.32 Å². The molecule has 1 fully saturated rings. The second-order valence-electron chi connectivity index (χ2n) is 4.35. The molecule has 1 saturated heterocycles. The number of pyridine rings is 1. The quantitative estimate of drug-likeness (QED) is 0.788. The lowest BCUT2D eigenvalue weighted by atomic mass is 10.0. The number of carbonyl (C=O) groups excluding carboxylic acids is 1. The molecule has 17 heavy (non-hydrogen) atoms. The minimum atomic E-state index is 0.110. The van der Waals surface area contributed by atoms with Crippen molar-refractivity contribution in [3.63, 3.8) is 0 Å². The van der Waals surface area contributed by atoms with Crippen LogP contribution in [0.25, 0.3) is 0 Å². The van der Waals surface area contributed by atoms with Crippen molar-refractivity contribution in [1.29, 1.82) is 0 Å².